The molecule has 1 aromatic heterocycles. The quantitative estimate of drug-likeness (QED) is 0.751. The molecule has 2 aliphatic heterocycles. The molecule has 2 aliphatic carbocycles. The van der Waals surface area contributed by atoms with Gasteiger partial charge in [0.25, 0.3) is 0 Å². The van der Waals surface area contributed by atoms with Crippen LogP contribution in [-0.4, -0.2) is 13.9 Å². The van der Waals surface area contributed by atoms with Crippen LogP contribution in [0.3, 0.4) is 0 Å². The molecule has 3 heterocycles. The Hall–Kier alpha value is -2.56. The lowest BCUT2D eigenvalue weighted by molar-refractivity contribution is 0.126. The van der Waals surface area contributed by atoms with Crippen molar-refractivity contribution in [2.24, 2.45) is 11.8 Å². The number of nitrogens with zero attached hydrogens (tertiary/aromatic N) is 3. The molecular formula is C17H15N3O2. The second-order valence-electron chi connectivity index (χ2n) is 6.31. The van der Waals surface area contributed by atoms with Gasteiger partial charge < -0.3 is 0 Å². The van der Waals surface area contributed by atoms with Gasteiger partial charge >= 0.3 is 11.4 Å². The SMILES string of the molecule is CC1=C[C@H]2[C@@H]1[C@H]1C=C[C@H]2n2c(=O)n(-c3ccccc3)c(=O)n21. The Labute approximate surface area is 126 Å². The van der Waals surface area contributed by atoms with Crippen LogP contribution in [0, 0.1) is 11.8 Å². The van der Waals surface area contributed by atoms with E-state index in [-0.39, 0.29) is 23.5 Å². The average Bonchev–Trinajstić information content (AvgIpc) is 2.80. The first-order valence-electron chi connectivity index (χ1n) is 7.56. The van der Waals surface area contributed by atoms with Crippen LogP contribution in [-0.2, 0) is 0 Å². The maximum absolute atomic E-state index is 12.9. The molecule has 0 amide bonds. The molecule has 6 rings (SSSR count). The molecule has 0 radical (unpaired) electrons. The normalized spacial score (nSPS) is 30.5. The van der Waals surface area contributed by atoms with Crippen LogP contribution in [0.25, 0.3) is 5.69 Å². The summed E-state index contributed by atoms with van der Waals surface area (Å²) >= 11 is 0. The van der Waals surface area contributed by atoms with Crippen LogP contribution in [0.1, 0.15) is 19.0 Å². The van der Waals surface area contributed by atoms with E-state index in [0.717, 1.165) is 0 Å². The first-order valence-corrected chi connectivity index (χ1v) is 7.56. The van der Waals surface area contributed by atoms with E-state index in [1.165, 1.54) is 10.1 Å². The third-order valence-corrected chi connectivity index (χ3v) is 5.25. The third kappa shape index (κ3) is 1.21. The average molecular weight is 293 g/mol. The van der Waals surface area contributed by atoms with Crippen LogP contribution >= 0.6 is 0 Å². The Kier molecular flexibility index (Phi) is 2.08. The minimum absolute atomic E-state index is 0.0369. The Morgan fingerprint density at radius 2 is 1.55 bits per heavy atom. The molecule has 0 saturated carbocycles. The van der Waals surface area contributed by atoms with Crippen molar-refractivity contribution in [2.75, 3.05) is 0 Å². The van der Waals surface area contributed by atoms with Crippen molar-refractivity contribution in [1.29, 1.82) is 0 Å². The Balaban J connectivity index is 1.80. The van der Waals surface area contributed by atoms with Crippen molar-refractivity contribution in [2.45, 2.75) is 19.0 Å². The fourth-order valence-electron chi connectivity index (χ4n) is 4.28. The zero-order valence-electron chi connectivity index (χ0n) is 12.1. The highest BCUT2D eigenvalue weighted by Gasteiger charge is 2.50. The molecule has 4 atom stereocenters. The summed E-state index contributed by atoms with van der Waals surface area (Å²) in [6, 6.07) is 9.07. The van der Waals surface area contributed by atoms with Crippen LogP contribution in [0.15, 0.2) is 63.7 Å². The van der Waals surface area contributed by atoms with Crippen molar-refractivity contribution >= 4 is 0 Å². The van der Waals surface area contributed by atoms with Gasteiger partial charge in [-0.3, -0.25) is 0 Å². The molecule has 2 bridgehead atoms. The van der Waals surface area contributed by atoms with E-state index >= 15 is 0 Å². The molecule has 0 N–H and O–H groups in total. The molecule has 0 spiro atoms. The maximum atomic E-state index is 12.9. The fourth-order valence-corrected chi connectivity index (χ4v) is 4.28. The number of hydrogen-bond acceptors (Lipinski definition) is 2. The van der Waals surface area contributed by atoms with Crippen molar-refractivity contribution in [3.8, 4) is 5.69 Å². The third-order valence-electron chi connectivity index (χ3n) is 5.25. The van der Waals surface area contributed by atoms with Crippen LogP contribution in [0.4, 0.5) is 0 Å². The molecule has 5 nitrogen and oxygen atoms in total. The van der Waals surface area contributed by atoms with Crippen molar-refractivity contribution in [3.05, 3.63) is 75.1 Å². The molecule has 5 heteroatoms. The largest absolute Gasteiger partial charge is 0.352 e. The molecule has 22 heavy (non-hydrogen) atoms. The molecule has 0 unspecified atom stereocenters. The number of allylic oxidation sites excluding steroid dienone is 4. The Morgan fingerprint density at radius 3 is 2.23 bits per heavy atom. The molecule has 4 aliphatic rings. The van der Waals surface area contributed by atoms with E-state index in [0.29, 0.717) is 17.5 Å². The van der Waals surface area contributed by atoms with Crippen molar-refractivity contribution in [3.63, 3.8) is 0 Å². The van der Waals surface area contributed by atoms with Gasteiger partial charge in [-0.05, 0) is 19.1 Å². The smallest absolute Gasteiger partial charge is 0.245 e. The first-order chi connectivity index (χ1) is 10.7. The zero-order valence-corrected chi connectivity index (χ0v) is 12.1. The fraction of sp³-hybridized carbons (Fsp3) is 0.294. The number of benzene rings is 1. The predicted molar refractivity (Wildman–Crippen MR) is 82.2 cm³/mol. The van der Waals surface area contributed by atoms with E-state index in [2.05, 4.69) is 25.2 Å². The predicted octanol–water partition coefficient (Wildman–Crippen LogP) is 1.66. The van der Waals surface area contributed by atoms with Gasteiger partial charge in [0.15, 0.2) is 0 Å². The summed E-state index contributed by atoms with van der Waals surface area (Å²) in [4.78, 5) is 25.7. The Morgan fingerprint density at radius 1 is 0.909 bits per heavy atom. The van der Waals surface area contributed by atoms with Crippen LogP contribution in [0.2, 0.25) is 0 Å². The van der Waals surface area contributed by atoms with Crippen LogP contribution in [0.5, 0.6) is 0 Å². The van der Waals surface area contributed by atoms with Gasteiger partial charge in [0.05, 0.1) is 17.8 Å². The van der Waals surface area contributed by atoms with E-state index in [4.69, 9.17) is 0 Å². The first kappa shape index (κ1) is 12.0. The van der Waals surface area contributed by atoms with Gasteiger partial charge in [0.1, 0.15) is 0 Å². The lowest BCUT2D eigenvalue weighted by Crippen LogP contribution is -2.51. The summed E-state index contributed by atoms with van der Waals surface area (Å²) in [5.74, 6) is 0.706. The summed E-state index contributed by atoms with van der Waals surface area (Å²) < 4.78 is 4.58. The topological polar surface area (TPSA) is 48.9 Å². The monoisotopic (exact) mass is 293 g/mol. The molecule has 2 aromatic rings. The molecule has 1 aromatic carbocycles. The van der Waals surface area contributed by atoms with E-state index in [1.54, 1.807) is 21.5 Å². The van der Waals surface area contributed by atoms with Crippen LogP contribution < -0.4 is 11.4 Å². The highest BCUT2D eigenvalue weighted by Crippen LogP contribution is 2.53. The summed E-state index contributed by atoms with van der Waals surface area (Å²) in [5.41, 5.74) is 1.46. The number of hydrogen-bond donors (Lipinski definition) is 0. The van der Waals surface area contributed by atoms with Gasteiger partial charge in [-0.2, -0.15) is 0 Å². The number of rotatable bonds is 1. The van der Waals surface area contributed by atoms with Gasteiger partial charge in [0.2, 0.25) is 0 Å². The second-order valence-corrected chi connectivity index (χ2v) is 6.31. The van der Waals surface area contributed by atoms with E-state index in [9.17, 15) is 9.59 Å². The van der Waals surface area contributed by atoms with E-state index in [1.807, 2.05) is 18.2 Å². The summed E-state index contributed by atoms with van der Waals surface area (Å²) in [7, 11) is 0. The molecular weight excluding hydrogens is 278 g/mol. The summed E-state index contributed by atoms with van der Waals surface area (Å²) in [6.07, 6.45) is 6.38. The minimum atomic E-state index is -0.244. The highest BCUT2D eigenvalue weighted by molar-refractivity contribution is 5.35. The van der Waals surface area contributed by atoms with Crippen molar-refractivity contribution in [1.82, 2.24) is 13.9 Å². The summed E-state index contributed by atoms with van der Waals surface area (Å²) in [5, 5.41) is 0. The molecule has 0 fully saturated rings. The lowest BCUT2D eigenvalue weighted by atomic mass is 9.64. The number of para-hydroxylation sites is 1. The lowest BCUT2D eigenvalue weighted by Gasteiger charge is -2.50. The minimum Gasteiger partial charge on any atom is -0.245 e. The van der Waals surface area contributed by atoms with Gasteiger partial charge in [0, 0.05) is 11.8 Å². The van der Waals surface area contributed by atoms with E-state index < -0.39 is 0 Å². The standard InChI is InChI=1S/C17H15N3O2/c1-10-9-12-13-7-8-14(15(10)12)20-17(22)18(16(21)19(13)20)11-5-3-2-4-6-11/h2-9,12-15H,1H3/t12-,13-,14-,15-/m1/s1. The highest BCUT2D eigenvalue weighted by atomic mass is 16.2. The summed E-state index contributed by atoms with van der Waals surface area (Å²) in [6.45, 7) is 2.11. The molecule has 0 saturated heterocycles. The van der Waals surface area contributed by atoms with Gasteiger partial charge in [-0.1, -0.05) is 42.0 Å². The second kappa shape index (κ2) is 3.80. The Bertz CT molecular complexity index is 958. The number of aromatic nitrogens is 3. The molecule has 110 valence electrons. The zero-order chi connectivity index (χ0) is 15.0. The van der Waals surface area contributed by atoms with Gasteiger partial charge in [-0.25, -0.2) is 23.5 Å². The maximum Gasteiger partial charge on any atom is 0.352 e. The van der Waals surface area contributed by atoms with Crippen molar-refractivity contribution < 1.29 is 0 Å². The van der Waals surface area contributed by atoms with Gasteiger partial charge in [-0.15, -0.1) is 0 Å².